The summed E-state index contributed by atoms with van der Waals surface area (Å²) in [5, 5.41) is 12.6. The lowest BCUT2D eigenvalue weighted by Crippen LogP contribution is -2.13. The minimum absolute atomic E-state index is 0.0651. The third kappa shape index (κ3) is 3.33. The number of rotatable bonds is 4. The molecular formula is C14H14F3NO2. The maximum absolute atomic E-state index is 12.6. The van der Waals surface area contributed by atoms with E-state index in [4.69, 9.17) is 4.42 Å². The first kappa shape index (κ1) is 14.5. The first-order valence-electron chi connectivity index (χ1n) is 6.01. The highest BCUT2D eigenvalue weighted by Crippen LogP contribution is 2.32. The van der Waals surface area contributed by atoms with Gasteiger partial charge in [-0.3, -0.25) is 0 Å². The molecule has 0 saturated carbocycles. The molecule has 1 atom stereocenters. The van der Waals surface area contributed by atoms with Crippen molar-refractivity contribution in [3.63, 3.8) is 0 Å². The van der Waals surface area contributed by atoms with Gasteiger partial charge < -0.3 is 14.8 Å². The molecule has 2 aromatic rings. The lowest BCUT2D eigenvalue weighted by atomic mass is 10.1. The van der Waals surface area contributed by atoms with E-state index in [-0.39, 0.29) is 6.54 Å². The monoisotopic (exact) mass is 285 g/mol. The Morgan fingerprint density at radius 3 is 2.65 bits per heavy atom. The zero-order valence-electron chi connectivity index (χ0n) is 10.7. The molecule has 0 aliphatic rings. The van der Waals surface area contributed by atoms with E-state index >= 15 is 0 Å². The van der Waals surface area contributed by atoms with Crippen molar-refractivity contribution in [3.8, 4) is 0 Å². The van der Waals surface area contributed by atoms with Gasteiger partial charge in [-0.15, -0.1) is 0 Å². The van der Waals surface area contributed by atoms with Gasteiger partial charge in [-0.25, -0.2) is 0 Å². The molecule has 0 aliphatic heterocycles. The highest BCUT2D eigenvalue weighted by molar-refractivity contribution is 5.53. The fourth-order valence-corrected chi connectivity index (χ4v) is 1.78. The molecule has 1 aromatic heterocycles. The lowest BCUT2D eigenvalue weighted by molar-refractivity contribution is -0.137. The Morgan fingerprint density at radius 1 is 1.30 bits per heavy atom. The maximum atomic E-state index is 12.6. The van der Waals surface area contributed by atoms with Gasteiger partial charge in [-0.2, -0.15) is 13.2 Å². The summed E-state index contributed by atoms with van der Waals surface area (Å²) in [5.74, 6) is 0.363. The number of benzene rings is 1. The molecule has 0 aliphatic carbocycles. The molecule has 108 valence electrons. The number of halogens is 3. The second kappa shape index (κ2) is 5.58. The smallest absolute Gasteiger partial charge is 0.416 e. The first-order chi connectivity index (χ1) is 9.38. The van der Waals surface area contributed by atoms with Gasteiger partial charge in [0, 0.05) is 12.2 Å². The molecule has 0 radical (unpaired) electrons. The third-order valence-electron chi connectivity index (χ3n) is 2.92. The quantitative estimate of drug-likeness (QED) is 0.899. The normalized spacial score (nSPS) is 13.2. The Hall–Kier alpha value is -1.95. The second-order valence-electron chi connectivity index (χ2n) is 4.44. The molecule has 1 unspecified atom stereocenters. The number of hydrogen-bond donors (Lipinski definition) is 2. The molecule has 3 nitrogen and oxygen atoms in total. The summed E-state index contributed by atoms with van der Waals surface area (Å²) in [7, 11) is 0. The number of aliphatic hydroxyl groups is 1. The Balaban J connectivity index is 2.09. The molecule has 0 saturated heterocycles. The van der Waals surface area contributed by atoms with Gasteiger partial charge in [0.25, 0.3) is 0 Å². The van der Waals surface area contributed by atoms with Crippen molar-refractivity contribution in [1.82, 2.24) is 0 Å². The van der Waals surface area contributed by atoms with Crippen molar-refractivity contribution >= 4 is 5.69 Å². The highest BCUT2D eigenvalue weighted by Gasteiger charge is 2.30. The number of furan rings is 1. The average molecular weight is 285 g/mol. The van der Waals surface area contributed by atoms with E-state index in [0.717, 1.165) is 12.1 Å². The van der Waals surface area contributed by atoms with Crippen LogP contribution < -0.4 is 5.32 Å². The largest absolute Gasteiger partial charge is 0.467 e. The van der Waals surface area contributed by atoms with Gasteiger partial charge in [-0.05, 0) is 36.8 Å². The molecule has 0 bridgehead atoms. The van der Waals surface area contributed by atoms with E-state index in [1.54, 1.807) is 19.1 Å². The van der Waals surface area contributed by atoms with Crippen LogP contribution in [0.2, 0.25) is 0 Å². The Morgan fingerprint density at radius 2 is 2.05 bits per heavy atom. The summed E-state index contributed by atoms with van der Waals surface area (Å²) in [5.41, 5.74) is 0.285. The molecule has 2 N–H and O–H groups in total. The van der Waals surface area contributed by atoms with Crippen LogP contribution in [-0.2, 0) is 6.18 Å². The molecule has 20 heavy (non-hydrogen) atoms. The summed E-state index contributed by atoms with van der Waals surface area (Å²) in [6.07, 6.45) is -3.88. The molecule has 0 spiro atoms. The Bertz CT molecular complexity index is 564. The van der Waals surface area contributed by atoms with Crippen LogP contribution in [0.5, 0.6) is 0 Å². The molecule has 0 amide bonds. The summed E-state index contributed by atoms with van der Waals surface area (Å²) in [4.78, 5) is 0. The van der Waals surface area contributed by atoms with Crippen LogP contribution in [0.1, 0.15) is 23.0 Å². The Kier molecular flexibility index (Phi) is 4.04. The van der Waals surface area contributed by atoms with Gasteiger partial charge in [0.1, 0.15) is 11.9 Å². The van der Waals surface area contributed by atoms with Crippen LogP contribution in [0.15, 0.2) is 41.0 Å². The van der Waals surface area contributed by atoms with Crippen LogP contribution in [0.25, 0.3) is 0 Å². The number of aryl methyl sites for hydroxylation is 1. The van der Waals surface area contributed by atoms with Crippen molar-refractivity contribution < 1.29 is 22.7 Å². The zero-order valence-corrected chi connectivity index (χ0v) is 10.7. The molecule has 1 aromatic carbocycles. The second-order valence-corrected chi connectivity index (χ2v) is 4.44. The molecule has 6 heteroatoms. The summed E-state index contributed by atoms with van der Waals surface area (Å²) >= 11 is 0. The van der Waals surface area contributed by atoms with Crippen LogP contribution >= 0.6 is 0 Å². The van der Waals surface area contributed by atoms with Gasteiger partial charge in [-0.1, -0.05) is 6.07 Å². The van der Waals surface area contributed by atoms with Gasteiger partial charge in [0.15, 0.2) is 0 Å². The minimum atomic E-state index is -4.39. The van der Waals surface area contributed by atoms with Crippen molar-refractivity contribution in [2.75, 3.05) is 11.9 Å². The number of anilines is 1. The maximum Gasteiger partial charge on any atom is 0.416 e. The molecule has 0 fully saturated rings. The molecule has 2 rings (SSSR count). The van der Waals surface area contributed by atoms with Crippen LogP contribution in [0.3, 0.4) is 0 Å². The van der Waals surface area contributed by atoms with Gasteiger partial charge in [0.2, 0.25) is 0 Å². The van der Waals surface area contributed by atoms with E-state index in [1.807, 2.05) is 0 Å². The van der Waals surface area contributed by atoms with E-state index < -0.39 is 17.8 Å². The number of hydrogen-bond acceptors (Lipinski definition) is 3. The topological polar surface area (TPSA) is 45.4 Å². The van der Waals surface area contributed by atoms with E-state index in [9.17, 15) is 18.3 Å². The van der Waals surface area contributed by atoms with Crippen molar-refractivity contribution in [1.29, 1.82) is 0 Å². The molecule has 1 heterocycles. The molecular weight excluding hydrogens is 271 g/mol. The van der Waals surface area contributed by atoms with Crippen molar-refractivity contribution in [2.24, 2.45) is 0 Å². The van der Waals surface area contributed by atoms with Crippen LogP contribution in [0.4, 0.5) is 18.9 Å². The predicted octanol–water partition coefficient (Wildman–Crippen LogP) is 3.75. The van der Waals surface area contributed by atoms with Crippen LogP contribution in [0, 0.1) is 6.92 Å². The number of nitrogens with one attached hydrogen (secondary N) is 1. The van der Waals surface area contributed by atoms with Crippen molar-refractivity contribution in [2.45, 2.75) is 19.2 Å². The number of aliphatic hydroxyl groups excluding tert-OH is 1. The minimum Gasteiger partial charge on any atom is -0.467 e. The van der Waals surface area contributed by atoms with Gasteiger partial charge in [0.05, 0.1) is 11.8 Å². The predicted molar refractivity (Wildman–Crippen MR) is 68.3 cm³/mol. The summed E-state index contributed by atoms with van der Waals surface area (Å²) < 4.78 is 42.9. The fourth-order valence-electron chi connectivity index (χ4n) is 1.78. The standard InChI is InChI=1S/C14H14F3NO2/c1-9-4-5-10(14(15,16)17)7-11(9)18-8-12(19)13-3-2-6-20-13/h2-7,12,18-19H,8H2,1H3. The van der Waals surface area contributed by atoms with Gasteiger partial charge >= 0.3 is 6.18 Å². The Labute approximate surface area is 114 Å². The number of alkyl halides is 3. The average Bonchev–Trinajstić information content (AvgIpc) is 2.90. The lowest BCUT2D eigenvalue weighted by Gasteiger charge is -2.15. The van der Waals surface area contributed by atoms with Crippen molar-refractivity contribution in [3.05, 3.63) is 53.5 Å². The van der Waals surface area contributed by atoms with E-state index in [1.165, 1.54) is 12.3 Å². The third-order valence-corrected chi connectivity index (χ3v) is 2.92. The first-order valence-corrected chi connectivity index (χ1v) is 6.01. The summed E-state index contributed by atoms with van der Waals surface area (Å²) in [6.45, 7) is 1.76. The zero-order chi connectivity index (χ0) is 14.8. The SMILES string of the molecule is Cc1ccc(C(F)(F)F)cc1NCC(O)c1ccco1. The highest BCUT2D eigenvalue weighted by atomic mass is 19.4. The van der Waals surface area contributed by atoms with Crippen LogP contribution in [-0.4, -0.2) is 11.7 Å². The van der Waals surface area contributed by atoms with E-state index in [2.05, 4.69) is 5.32 Å². The van der Waals surface area contributed by atoms with E-state index in [0.29, 0.717) is 17.0 Å². The summed E-state index contributed by atoms with van der Waals surface area (Å²) in [6, 6.07) is 6.69. The fraction of sp³-hybridized carbons (Fsp3) is 0.286.